The molecule has 0 unspecified atom stereocenters. The number of hydrazone groups is 1. The Hall–Kier alpha value is -2.37. The summed E-state index contributed by atoms with van der Waals surface area (Å²) >= 11 is 0. The quantitative estimate of drug-likeness (QED) is 0.638. The summed E-state index contributed by atoms with van der Waals surface area (Å²) < 4.78 is 0. The number of nitrogens with zero attached hydrogens (tertiary/aromatic N) is 2. The van der Waals surface area contributed by atoms with Gasteiger partial charge >= 0.3 is 6.03 Å². The smallest absolute Gasteiger partial charge is 0.346 e. The zero-order chi connectivity index (χ0) is 14.0. The molecule has 2 N–H and O–H groups in total. The second-order valence-electron chi connectivity index (χ2n) is 4.54. The van der Waals surface area contributed by atoms with Crippen LogP contribution < -0.4 is 5.32 Å². The van der Waals surface area contributed by atoms with Crippen LogP contribution in [-0.2, 0) is 4.79 Å². The van der Waals surface area contributed by atoms with E-state index in [4.69, 9.17) is 0 Å². The highest BCUT2D eigenvalue weighted by molar-refractivity contribution is 6.07. The minimum absolute atomic E-state index is 0.0385. The van der Waals surface area contributed by atoms with E-state index >= 15 is 0 Å². The van der Waals surface area contributed by atoms with Gasteiger partial charge in [0.1, 0.15) is 11.3 Å². The van der Waals surface area contributed by atoms with Crippen LogP contribution in [0.1, 0.15) is 25.8 Å². The monoisotopic (exact) mass is 261 g/mol. The lowest BCUT2D eigenvalue weighted by atomic mass is 10.00. The highest BCUT2D eigenvalue weighted by Gasteiger charge is 2.46. The molecule has 1 fully saturated rings. The molecule has 1 saturated heterocycles. The first kappa shape index (κ1) is 13.1. The summed E-state index contributed by atoms with van der Waals surface area (Å²) in [6, 6.07) is 5.98. The average molecular weight is 261 g/mol. The highest BCUT2D eigenvalue weighted by atomic mass is 16.3. The van der Waals surface area contributed by atoms with Gasteiger partial charge in [0.25, 0.3) is 5.91 Å². The molecule has 0 radical (unpaired) electrons. The van der Waals surface area contributed by atoms with Crippen LogP contribution in [0.5, 0.6) is 5.75 Å². The molecule has 1 aromatic rings. The van der Waals surface area contributed by atoms with Gasteiger partial charge < -0.3 is 10.4 Å². The zero-order valence-electron chi connectivity index (χ0n) is 10.8. The lowest BCUT2D eigenvalue weighted by molar-refractivity contribution is -0.130. The summed E-state index contributed by atoms with van der Waals surface area (Å²) in [5.74, 6) is -0.358. The molecule has 1 atom stereocenters. The van der Waals surface area contributed by atoms with E-state index in [1.165, 1.54) is 12.3 Å². The molecule has 2 rings (SSSR count). The summed E-state index contributed by atoms with van der Waals surface area (Å²) in [5.41, 5.74) is -0.471. The molecule has 0 spiro atoms. The molecule has 3 amide bonds. The zero-order valence-corrected chi connectivity index (χ0v) is 10.8. The van der Waals surface area contributed by atoms with Crippen LogP contribution in [-0.4, -0.2) is 33.8 Å². The third kappa shape index (κ3) is 2.29. The third-order valence-electron chi connectivity index (χ3n) is 3.20. The predicted octanol–water partition coefficient (Wildman–Crippen LogP) is 1.45. The Balaban J connectivity index is 2.23. The van der Waals surface area contributed by atoms with Crippen molar-refractivity contribution in [3.8, 4) is 5.75 Å². The summed E-state index contributed by atoms with van der Waals surface area (Å²) in [7, 11) is 0. The van der Waals surface area contributed by atoms with Crippen molar-refractivity contribution in [2.45, 2.75) is 25.8 Å². The van der Waals surface area contributed by atoms with Crippen molar-refractivity contribution in [2.24, 2.45) is 5.10 Å². The van der Waals surface area contributed by atoms with Crippen LogP contribution in [0.2, 0.25) is 0 Å². The number of hydrogen-bond donors (Lipinski definition) is 2. The fraction of sp³-hybridized carbons (Fsp3) is 0.308. The Kier molecular flexibility index (Phi) is 3.25. The van der Waals surface area contributed by atoms with Crippen LogP contribution in [0.3, 0.4) is 0 Å². The van der Waals surface area contributed by atoms with E-state index in [2.05, 4.69) is 10.4 Å². The number of imide groups is 1. The molecule has 1 aromatic carbocycles. The second kappa shape index (κ2) is 4.72. The topological polar surface area (TPSA) is 82.0 Å². The fourth-order valence-electron chi connectivity index (χ4n) is 1.73. The molecule has 1 aliphatic heterocycles. The van der Waals surface area contributed by atoms with Gasteiger partial charge in [0.2, 0.25) is 0 Å². The van der Waals surface area contributed by atoms with Gasteiger partial charge in [-0.1, -0.05) is 19.1 Å². The summed E-state index contributed by atoms with van der Waals surface area (Å²) in [6.45, 7) is 3.47. The number of carbonyl (C=O) groups is 2. The molecule has 0 bridgehead atoms. The lowest BCUT2D eigenvalue weighted by Crippen LogP contribution is -2.42. The number of amides is 3. The number of aromatic hydroxyl groups is 1. The van der Waals surface area contributed by atoms with E-state index in [-0.39, 0.29) is 5.75 Å². The molecule has 0 aliphatic carbocycles. The minimum atomic E-state index is -0.910. The molecule has 0 aromatic heterocycles. The first-order chi connectivity index (χ1) is 8.98. The number of rotatable bonds is 3. The van der Waals surface area contributed by atoms with Gasteiger partial charge in [0.15, 0.2) is 0 Å². The summed E-state index contributed by atoms with van der Waals surface area (Å²) in [5, 5.41) is 16.8. The molecule has 6 nitrogen and oxygen atoms in total. The minimum Gasteiger partial charge on any atom is -0.507 e. The van der Waals surface area contributed by atoms with Gasteiger partial charge in [-0.25, -0.2) is 4.79 Å². The van der Waals surface area contributed by atoms with E-state index in [1.54, 1.807) is 25.1 Å². The molecule has 1 aliphatic rings. The van der Waals surface area contributed by atoms with Crippen LogP contribution in [0, 0.1) is 0 Å². The standard InChI is InChI=1S/C13H15N3O3/c1-3-13(2)11(18)16(12(19)15-13)14-8-9-6-4-5-7-10(9)17/h4-8,17H,3H2,1-2H3,(H,15,19)/b14-8-/t13-/m1/s1. The first-order valence-electron chi connectivity index (χ1n) is 5.96. The molecular formula is C13H15N3O3. The number of carbonyl (C=O) groups excluding carboxylic acids is 2. The van der Waals surface area contributed by atoms with Gasteiger partial charge in [-0.05, 0) is 25.5 Å². The number of hydrogen-bond acceptors (Lipinski definition) is 4. The molecular weight excluding hydrogens is 246 g/mol. The first-order valence-corrected chi connectivity index (χ1v) is 5.96. The Bertz CT molecular complexity index is 556. The van der Waals surface area contributed by atoms with Gasteiger partial charge in [0, 0.05) is 5.56 Å². The second-order valence-corrected chi connectivity index (χ2v) is 4.54. The highest BCUT2D eigenvalue weighted by Crippen LogP contribution is 2.21. The van der Waals surface area contributed by atoms with Crippen molar-refractivity contribution in [1.29, 1.82) is 0 Å². The lowest BCUT2D eigenvalue weighted by Gasteiger charge is -2.17. The maximum atomic E-state index is 12.0. The van der Waals surface area contributed by atoms with Crippen molar-refractivity contribution < 1.29 is 14.7 Å². The number of para-hydroxylation sites is 1. The van der Waals surface area contributed by atoms with Crippen molar-refractivity contribution in [2.75, 3.05) is 0 Å². The van der Waals surface area contributed by atoms with Crippen LogP contribution >= 0.6 is 0 Å². The van der Waals surface area contributed by atoms with E-state index in [0.717, 1.165) is 5.01 Å². The summed E-state index contributed by atoms with van der Waals surface area (Å²) in [4.78, 5) is 23.7. The van der Waals surface area contributed by atoms with Gasteiger partial charge in [-0.2, -0.15) is 5.10 Å². The van der Waals surface area contributed by atoms with Gasteiger partial charge in [-0.15, -0.1) is 5.01 Å². The van der Waals surface area contributed by atoms with E-state index in [1.807, 2.05) is 6.92 Å². The SMILES string of the molecule is CC[C@@]1(C)NC(=O)N(/N=C\c2ccccc2O)C1=O. The Morgan fingerprint density at radius 2 is 2.11 bits per heavy atom. The van der Waals surface area contributed by atoms with Crippen molar-refractivity contribution in [3.05, 3.63) is 29.8 Å². The molecule has 0 saturated carbocycles. The average Bonchev–Trinajstić information content (AvgIpc) is 2.61. The predicted molar refractivity (Wildman–Crippen MR) is 69.8 cm³/mol. The van der Waals surface area contributed by atoms with Gasteiger partial charge in [0.05, 0.1) is 6.21 Å². The Morgan fingerprint density at radius 3 is 2.68 bits per heavy atom. The number of phenols is 1. The number of nitrogens with one attached hydrogen (secondary N) is 1. The van der Waals surface area contributed by atoms with Crippen molar-refractivity contribution in [1.82, 2.24) is 10.3 Å². The van der Waals surface area contributed by atoms with Crippen LogP contribution in [0.4, 0.5) is 4.79 Å². The van der Waals surface area contributed by atoms with E-state index < -0.39 is 17.5 Å². The summed E-state index contributed by atoms with van der Waals surface area (Å²) in [6.07, 6.45) is 1.77. The van der Waals surface area contributed by atoms with Crippen LogP contribution in [0.15, 0.2) is 29.4 Å². The number of benzene rings is 1. The van der Waals surface area contributed by atoms with E-state index in [0.29, 0.717) is 12.0 Å². The molecule has 100 valence electrons. The van der Waals surface area contributed by atoms with Crippen LogP contribution in [0.25, 0.3) is 0 Å². The Morgan fingerprint density at radius 1 is 1.42 bits per heavy atom. The third-order valence-corrected chi connectivity index (χ3v) is 3.20. The molecule has 1 heterocycles. The fourth-order valence-corrected chi connectivity index (χ4v) is 1.73. The van der Waals surface area contributed by atoms with E-state index in [9.17, 15) is 14.7 Å². The van der Waals surface area contributed by atoms with Gasteiger partial charge in [-0.3, -0.25) is 4.79 Å². The number of phenolic OH excluding ortho intramolecular Hbond substituents is 1. The maximum absolute atomic E-state index is 12.0. The number of urea groups is 1. The molecule has 19 heavy (non-hydrogen) atoms. The van der Waals surface area contributed by atoms with Crippen molar-refractivity contribution >= 4 is 18.2 Å². The Labute approximate surface area is 110 Å². The normalized spacial score (nSPS) is 23.2. The van der Waals surface area contributed by atoms with Crippen molar-refractivity contribution in [3.63, 3.8) is 0 Å². The molecule has 6 heteroatoms. The largest absolute Gasteiger partial charge is 0.507 e. The maximum Gasteiger partial charge on any atom is 0.346 e.